The Balaban J connectivity index is 1.67. The summed E-state index contributed by atoms with van der Waals surface area (Å²) in [6.07, 6.45) is 0.383. The van der Waals surface area contributed by atoms with E-state index in [4.69, 9.17) is 21.1 Å². The number of likely N-dealkylation sites (tertiary alicyclic amines) is 1. The third-order valence-corrected chi connectivity index (χ3v) is 4.95. The summed E-state index contributed by atoms with van der Waals surface area (Å²) in [4.78, 5) is 38.1. The van der Waals surface area contributed by atoms with Gasteiger partial charge in [0.2, 0.25) is 5.91 Å². The molecule has 1 aliphatic rings. The zero-order valence-corrected chi connectivity index (χ0v) is 19.3. The summed E-state index contributed by atoms with van der Waals surface area (Å²) in [5, 5.41) is 6.18. The van der Waals surface area contributed by atoms with E-state index in [-0.39, 0.29) is 30.8 Å². The van der Waals surface area contributed by atoms with E-state index in [1.807, 2.05) is 0 Å². The quantitative estimate of drug-likeness (QED) is 0.661. The van der Waals surface area contributed by atoms with Gasteiger partial charge in [-0.3, -0.25) is 9.59 Å². The molecule has 2 rings (SSSR count). The van der Waals surface area contributed by atoms with Gasteiger partial charge in [-0.1, -0.05) is 11.6 Å². The molecule has 2 N–H and O–H groups in total. The summed E-state index contributed by atoms with van der Waals surface area (Å²) < 4.78 is 10.8. The fraction of sp³-hybridized carbons (Fsp3) is 0.591. The number of amides is 3. The second-order valence-electron chi connectivity index (χ2n) is 8.56. The fourth-order valence-corrected chi connectivity index (χ4v) is 3.23. The van der Waals surface area contributed by atoms with Crippen LogP contribution in [-0.4, -0.2) is 60.2 Å². The largest absolute Gasteiger partial charge is 0.481 e. The maximum Gasteiger partial charge on any atom is 0.407 e. The summed E-state index contributed by atoms with van der Waals surface area (Å²) in [5.74, 6) is 0.356. The molecule has 0 aromatic heterocycles. The van der Waals surface area contributed by atoms with Crippen LogP contribution in [0.4, 0.5) is 4.79 Å². The highest BCUT2D eigenvalue weighted by molar-refractivity contribution is 6.30. The molecular weight excluding hydrogens is 422 g/mol. The van der Waals surface area contributed by atoms with Gasteiger partial charge >= 0.3 is 6.09 Å². The van der Waals surface area contributed by atoms with Gasteiger partial charge in [0.15, 0.2) is 6.10 Å². The van der Waals surface area contributed by atoms with E-state index in [2.05, 4.69) is 10.6 Å². The van der Waals surface area contributed by atoms with Gasteiger partial charge in [-0.05, 0) is 64.8 Å². The number of nitrogens with one attached hydrogen (secondary N) is 2. The number of ether oxygens (including phenoxy) is 2. The average molecular weight is 454 g/mol. The summed E-state index contributed by atoms with van der Waals surface area (Å²) in [7, 11) is 0. The summed E-state index contributed by atoms with van der Waals surface area (Å²) in [6.45, 7) is 8.39. The summed E-state index contributed by atoms with van der Waals surface area (Å²) in [6, 6.07) is 6.84. The number of alkyl carbamates (subject to hydrolysis) is 1. The molecule has 1 unspecified atom stereocenters. The minimum Gasteiger partial charge on any atom is -0.481 e. The molecule has 0 spiro atoms. The number of nitrogens with zero attached hydrogens (tertiary/aromatic N) is 1. The maximum atomic E-state index is 12.4. The van der Waals surface area contributed by atoms with Gasteiger partial charge in [-0.25, -0.2) is 4.79 Å². The van der Waals surface area contributed by atoms with Crippen LogP contribution in [0, 0.1) is 0 Å². The van der Waals surface area contributed by atoms with E-state index < -0.39 is 17.8 Å². The number of piperidine rings is 1. The van der Waals surface area contributed by atoms with Crippen molar-refractivity contribution in [3.05, 3.63) is 29.3 Å². The second-order valence-corrected chi connectivity index (χ2v) is 8.99. The number of rotatable bonds is 7. The smallest absolute Gasteiger partial charge is 0.407 e. The van der Waals surface area contributed by atoms with Crippen LogP contribution in [0.5, 0.6) is 5.75 Å². The van der Waals surface area contributed by atoms with Crippen LogP contribution in [0.25, 0.3) is 0 Å². The first-order valence-corrected chi connectivity index (χ1v) is 10.9. The van der Waals surface area contributed by atoms with E-state index in [0.29, 0.717) is 36.7 Å². The molecule has 1 aromatic rings. The van der Waals surface area contributed by atoms with Gasteiger partial charge in [0.25, 0.3) is 5.91 Å². The highest BCUT2D eigenvalue weighted by Crippen LogP contribution is 2.17. The van der Waals surface area contributed by atoms with E-state index in [1.165, 1.54) is 0 Å². The van der Waals surface area contributed by atoms with Crippen LogP contribution in [-0.2, 0) is 14.3 Å². The molecule has 1 aromatic carbocycles. The molecule has 0 aliphatic carbocycles. The lowest BCUT2D eigenvalue weighted by molar-refractivity contribution is -0.132. The molecule has 1 saturated heterocycles. The number of carbonyl (C=O) groups is 3. The average Bonchev–Trinajstić information content (AvgIpc) is 2.68. The first-order valence-electron chi connectivity index (χ1n) is 10.5. The molecule has 8 nitrogen and oxygen atoms in total. The van der Waals surface area contributed by atoms with Crippen molar-refractivity contribution >= 4 is 29.5 Å². The molecule has 172 valence electrons. The van der Waals surface area contributed by atoms with Crippen LogP contribution < -0.4 is 15.4 Å². The van der Waals surface area contributed by atoms with Gasteiger partial charge in [0.1, 0.15) is 11.4 Å². The van der Waals surface area contributed by atoms with Gasteiger partial charge in [0.05, 0.1) is 0 Å². The van der Waals surface area contributed by atoms with Crippen molar-refractivity contribution in [1.29, 1.82) is 0 Å². The molecule has 0 bridgehead atoms. The van der Waals surface area contributed by atoms with Gasteiger partial charge in [-0.2, -0.15) is 0 Å². The minimum atomic E-state index is -0.639. The Labute approximate surface area is 188 Å². The molecule has 0 radical (unpaired) electrons. The van der Waals surface area contributed by atoms with Crippen LogP contribution in [0.3, 0.4) is 0 Å². The van der Waals surface area contributed by atoms with E-state index in [0.717, 1.165) is 0 Å². The minimum absolute atomic E-state index is 0.00675. The predicted octanol–water partition coefficient (Wildman–Crippen LogP) is 3.13. The Morgan fingerprint density at radius 3 is 2.35 bits per heavy atom. The van der Waals surface area contributed by atoms with E-state index >= 15 is 0 Å². The van der Waals surface area contributed by atoms with E-state index in [1.54, 1.807) is 56.9 Å². The zero-order chi connectivity index (χ0) is 23.0. The first-order chi connectivity index (χ1) is 14.5. The highest BCUT2D eigenvalue weighted by atomic mass is 35.5. The topological polar surface area (TPSA) is 97.0 Å². The molecule has 0 saturated carbocycles. The third-order valence-electron chi connectivity index (χ3n) is 4.70. The lowest BCUT2D eigenvalue weighted by Gasteiger charge is -2.33. The highest BCUT2D eigenvalue weighted by Gasteiger charge is 2.26. The van der Waals surface area contributed by atoms with Crippen molar-refractivity contribution < 1.29 is 23.9 Å². The number of halogens is 1. The lowest BCUT2D eigenvalue weighted by Crippen LogP contribution is -2.49. The molecule has 1 aliphatic heterocycles. The van der Waals surface area contributed by atoms with Gasteiger partial charge < -0.3 is 25.0 Å². The van der Waals surface area contributed by atoms with E-state index in [9.17, 15) is 14.4 Å². The normalized spacial score (nSPS) is 15.7. The SMILES string of the molecule is CC(Oc1ccc(Cl)cc1)C(=O)NC1CCN(C(=O)CCNC(=O)OC(C)(C)C)CC1. The van der Waals surface area contributed by atoms with Gasteiger partial charge in [0, 0.05) is 37.1 Å². The Morgan fingerprint density at radius 1 is 1.16 bits per heavy atom. The Kier molecular flexibility index (Phi) is 8.98. The Hall–Kier alpha value is -2.48. The predicted molar refractivity (Wildman–Crippen MR) is 118 cm³/mol. The second kappa shape index (κ2) is 11.2. The fourth-order valence-electron chi connectivity index (χ4n) is 3.11. The van der Waals surface area contributed by atoms with Crippen LogP contribution in [0.2, 0.25) is 5.02 Å². The molecular formula is C22H32ClN3O5. The molecule has 1 fully saturated rings. The number of carbonyl (C=O) groups excluding carboxylic acids is 3. The molecule has 1 atom stereocenters. The maximum absolute atomic E-state index is 12.4. The van der Waals surface area contributed by atoms with Crippen LogP contribution in [0.15, 0.2) is 24.3 Å². The van der Waals surface area contributed by atoms with Crippen LogP contribution >= 0.6 is 11.6 Å². The van der Waals surface area contributed by atoms with Gasteiger partial charge in [-0.15, -0.1) is 0 Å². The lowest BCUT2D eigenvalue weighted by atomic mass is 10.0. The van der Waals surface area contributed by atoms with Crippen molar-refractivity contribution in [3.63, 3.8) is 0 Å². The zero-order valence-electron chi connectivity index (χ0n) is 18.6. The molecule has 1 heterocycles. The van der Waals surface area contributed by atoms with Crippen molar-refractivity contribution in [2.45, 2.75) is 64.7 Å². The molecule has 9 heteroatoms. The van der Waals surface area contributed by atoms with Crippen molar-refractivity contribution in [2.75, 3.05) is 19.6 Å². The Morgan fingerprint density at radius 2 is 1.77 bits per heavy atom. The van der Waals surface area contributed by atoms with Crippen molar-refractivity contribution in [2.24, 2.45) is 0 Å². The molecule has 3 amide bonds. The first kappa shape index (κ1) is 24.8. The van der Waals surface area contributed by atoms with Crippen LogP contribution in [0.1, 0.15) is 47.0 Å². The summed E-state index contributed by atoms with van der Waals surface area (Å²) in [5.41, 5.74) is -0.572. The molecule has 31 heavy (non-hydrogen) atoms. The number of benzene rings is 1. The monoisotopic (exact) mass is 453 g/mol. The number of hydrogen-bond donors (Lipinski definition) is 2. The summed E-state index contributed by atoms with van der Waals surface area (Å²) >= 11 is 5.85. The Bertz CT molecular complexity index is 755. The van der Waals surface area contributed by atoms with Crippen molar-refractivity contribution in [1.82, 2.24) is 15.5 Å². The standard InChI is InChI=1S/C22H32ClN3O5/c1-15(30-18-7-5-16(23)6-8-18)20(28)25-17-10-13-26(14-11-17)19(27)9-12-24-21(29)31-22(2,3)4/h5-8,15,17H,9-14H2,1-4H3,(H,24,29)(H,25,28). The number of hydrogen-bond acceptors (Lipinski definition) is 5. The third kappa shape index (κ3) is 9.04. The van der Waals surface area contributed by atoms with Crippen molar-refractivity contribution in [3.8, 4) is 5.75 Å².